The number of benzene rings is 1. The summed E-state index contributed by atoms with van der Waals surface area (Å²) in [4.78, 5) is 24.5. The zero-order chi connectivity index (χ0) is 14.0. The molecule has 2 N–H and O–H groups in total. The fourth-order valence-corrected chi connectivity index (χ4v) is 2.42. The number of carboxylic acid groups (broad SMARTS) is 1. The Hall–Kier alpha value is -1.88. The molecule has 5 nitrogen and oxygen atoms in total. The quantitative estimate of drug-likeness (QED) is 0.836. The van der Waals surface area contributed by atoms with E-state index in [4.69, 9.17) is 5.11 Å². The van der Waals surface area contributed by atoms with E-state index in [2.05, 4.69) is 0 Å². The van der Waals surface area contributed by atoms with Crippen LogP contribution in [-0.2, 0) is 16.0 Å². The maximum atomic E-state index is 12.1. The van der Waals surface area contributed by atoms with E-state index in [0.717, 1.165) is 11.1 Å². The average Bonchev–Trinajstić information content (AvgIpc) is 2.71. The van der Waals surface area contributed by atoms with Crippen molar-refractivity contribution >= 4 is 11.9 Å². The standard InChI is InChI=1S/C14H17NO4/c1-9-3-2-4-10(5-9)6-13(17)15-8-11(16)7-12(15)14(18)19/h2-5,11-12,16H,6-8H2,1H3,(H,18,19). The topological polar surface area (TPSA) is 77.8 Å². The van der Waals surface area contributed by atoms with Crippen molar-refractivity contribution in [2.24, 2.45) is 0 Å². The number of amides is 1. The molecule has 0 spiro atoms. The molecule has 102 valence electrons. The SMILES string of the molecule is Cc1cccc(CC(=O)N2CC(O)CC2C(=O)O)c1. The van der Waals surface area contributed by atoms with Crippen LogP contribution in [0, 0.1) is 6.92 Å². The Balaban J connectivity index is 2.09. The Labute approximate surface area is 111 Å². The Bertz CT molecular complexity index is 500. The summed E-state index contributed by atoms with van der Waals surface area (Å²) in [6.07, 6.45) is -0.477. The van der Waals surface area contributed by atoms with Crippen molar-refractivity contribution in [3.05, 3.63) is 35.4 Å². The molecule has 2 unspecified atom stereocenters. The molecule has 1 amide bonds. The molecule has 2 atom stereocenters. The monoisotopic (exact) mass is 263 g/mol. The van der Waals surface area contributed by atoms with Crippen LogP contribution in [0.15, 0.2) is 24.3 Å². The summed E-state index contributed by atoms with van der Waals surface area (Å²) in [5.74, 6) is -1.32. The highest BCUT2D eigenvalue weighted by Crippen LogP contribution is 2.19. The van der Waals surface area contributed by atoms with Crippen molar-refractivity contribution in [3.63, 3.8) is 0 Å². The van der Waals surface area contributed by atoms with Gasteiger partial charge in [0.2, 0.25) is 5.91 Å². The van der Waals surface area contributed by atoms with Gasteiger partial charge in [-0.1, -0.05) is 29.8 Å². The normalized spacial score (nSPS) is 22.5. The van der Waals surface area contributed by atoms with Crippen LogP contribution in [0.4, 0.5) is 0 Å². The smallest absolute Gasteiger partial charge is 0.326 e. The van der Waals surface area contributed by atoms with Crippen LogP contribution >= 0.6 is 0 Å². The Kier molecular flexibility index (Phi) is 3.85. The van der Waals surface area contributed by atoms with E-state index in [1.165, 1.54) is 4.90 Å². The van der Waals surface area contributed by atoms with Crippen molar-refractivity contribution in [2.45, 2.75) is 31.9 Å². The largest absolute Gasteiger partial charge is 0.480 e. The van der Waals surface area contributed by atoms with Gasteiger partial charge in [-0.25, -0.2) is 4.79 Å². The van der Waals surface area contributed by atoms with E-state index < -0.39 is 18.1 Å². The van der Waals surface area contributed by atoms with Crippen LogP contribution in [0.3, 0.4) is 0 Å². The minimum Gasteiger partial charge on any atom is -0.480 e. The van der Waals surface area contributed by atoms with Gasteiger partial charge in [0.15, 0.2) is 0 Å². The fourth-order valence-electron chi connectivity index (χ4n) is 2.42. The van der Waals surface area contributed by atoms with Gasteiger partial charge < -0.3 is 15.1 Å². The lowest BCUT2D eigenvalue weighted by molar-refractivity contribution is -0.148. The van der Waals surface area contributed by atoms with Gasteiger partial charge in [-0.2, -0.15) is 0 Å². The number of carbonyl (C=O) groups is 2. The molecule has 0 aliphatic carbocycles. The van der Waals surface area contributed by atoms with Crippen LogP contribution < -0.4 is 0 Å². The summed E-state index contributed by atoms with van der Waals surface area (Å²) in [6, 6.07) is 6.64. The van der Waals surface area contributed by atoms with Crippen molar-refractivity contribution in [3.8, 4) is 0 Å². The molecular weight excluding hydrogens is 246 g/mol. The molecule has 1 aromatic carbocycles. The predicted octanol–water partition coefficient (Wildman–Crippen LogP) is 0.584. The summed E-state index contributed by atoms with van der Waals surface area (Å²) in [5.41, 5.74) is 1.91. The number of β-amino-alcohol motifs (C(OH)–C–C–N with tert-alkyl or cyclic N) is 1. The Morgan fingerprint density at radius 1 is 1.42 bits per heavy atom. The van der Waals surface area contributed by atoms with Gasteiger partial charge in [0.1, 0.15) is 6.04 Å². The van der Waals surface area contributed by atoms with Gasteiger partial charge in [-0.05, 0) is 12.5 Å². The molecule has 0 radical (unpaired) electrons. The predicted molar refractivity (Wildman–Crippen MR) is 68.6 cm³/mol. The lowest BCUT2D eigenvalue weighted by atomic mass is 10.1. The van der Waals surface area contributed by atoms with E-state index in [-0.39, 0.29) is 25.3 Å². The highest BCUT2D eigenvalue weighted by molar-refractivity contribution is 5.85. The van der Waals surface area contributed by atoms with Crippen LogP contribution in [0.25, 0.3) is 0 Å². The summed E-state index contributed by atoms with van der Waals surface area (Å²) < 4.78 is 0. The minimum atomic E-state index is -1.06. The van der Waals surface area contributed by atoms with Crippen molar-refractivity contribution in [1.29, 1.82) is 0 Å². The maximum Gasteiger partial charge on any atom is 0.326 e. The van der Waals surface area contributed by atoms with E-state index >= 15 is 0 Å². The number of carboxylic acids is 1. The highest BCUT2D eigenvalue weighted by Gasteiger charge is 2.38. The van der Waals surface area contributed by atoms with Gasteiger partial charge in [-0.3, -0.25) is 4.79 Å². The van der Waals surface area contributed by atoms with Crippen LogP contribution in [0.1, 0.15) is 17.5 Å². The highest BCUT2D eigenvalue weighted by atomic mass is 16.4. The van der Waals surface area contributed by atoms with Crippen molar-refractivity contribution in [1.82, 2.24) is 4.90 Å². The first-order valence-corrected chi connectivity index (χ1v) is 6.23. The second-order valence-electron chi connectivity index (χ2n) is 4.96. The van der Waals surface area contributed by atoms with E-state index in [1.54, 1.807) is 0 Å². The summed E-state index contributed by atoms with van der Waals surface area (Å²) >= 11 is 0. The minimum absolute atomic E-state index is 0.0988. The first-order valence-electron chi connectivity index (χ1n) is 6.23. The number of aliphatic hydroxyl groups excluding tert-OH is 1. The number of hydrogen-bond acceptors (Lipinski definition) is 3. The number of rotatable bonds is 3. The molecule has 1 heterocycles. The summed E-state index contributed by atoms with van der Waals surface area (Å²) in [5, 5.41) is 18.6. The zero-order valence-electron chi connectivity index (χ0n) is 10.7. The molecule has 1 aromatic rings. The lowest BCUT2D eigenvalue weighted by Gasteiger charge is -2.21. The van der Waals surface area contributed by atoms with E-state index in [0.29, 0.717) is 0 Å². The molecule has 5 heteroatoms. The number of aliphatic carboxylic acids is 1. The van der Waals surface area contributed by atoms with Gasteiger partial charge in [0.25, 0.3) is 0 Å². The van der Waals surface area contributed by atoms with E-state index in [9.17, 15) is 14.7 Å². The first-order chi connectivity index (χ1) is 8.97. The van der Waals surface area contributed by atoms with Crippen molar-refractivity contribution in [2.75, 3.05) is 6.54 Å². The molecular formula is C14H17NO4. The van der Waals surface area contributed by atoms with Crippen LogP contribution in [-0.4, -0.2) is 45.7 Å². The third-order valence-corrected chi connectivity index (χ3v) is 3.32. The molecule has 2 rings (SSSR count). The van der Waals surface area contributed by atoms with Crippen LogP contribution in [0.5, 0.6) is 0 Å². The molecule has 1 fully saturated rings. The van der Waals surface area contributed by atoms with Gasteiger partial charge in [0, 0.05) is 13.0 Å². The first kappa shape index (κ1) is 13.5. The molecule has 1 saturated heterocycles. The fraction of sp³-hybridized carbons (Fsp3) is 0.429. The number of aryl methyl sites for hydroxylation is 1. The Morgan fingerprint density at radius 2 is 2.16 bits per heavy atom. The summed E-state index contributed by atoms with van der Waals surface area (Å²) in [6.45, 7) is 2.04. The molecule has 19 heavy (non-hydrogen) atoms. The van der Waals surface area contributed by atoms with E-state index in [1.807, 2.05) is 31.2 Å². The lowest BCUT2D eigenvalue weighted by Crippen LogP contribution is -2.41. The molecule has 0 bridgehead atoms. The second-order valence-corrected chi connectivity index (χ2v) is 4.96. The molecule has 1 aliphatic rings. The number of hydrogen-bond donors (Lipinski definition) is 2. The van der Waals surface area contributed by atoms with Gasteiger partial charge >= 0.3 is 5.97 Å². The summed E-state index contributed by atoms with van der Waals surface area (Å²) in [7, 11) is 0. The van der Waals surface area contributed by atoms with Crippen molar-refractivity contribution < 1.29 is 19.8 Å². The number of carbonyl (C=O) groups excluding carboxylic acids is 1. The molecule has 1 aliphatic heterocycles. The number of nitrogens with zero attached hydrogens (tertiary/aromatic N) is 1. The molecule has 0 saturated carbocycles. The Morgan fingerprint density at radius 3 is 2.79 bits per heavy atom. The van der Waals surface area contributed by atoms with Gasteiger partial charge in [-0.15, -0.1) is 0 Å². The second kappa shape index (κ2) is 5.40. The van der Waals surface area contributed by atoms with Crippen LogP contribution in [0.2, 0.25) is 0 Å². The zero-order valence-corrected chi connectivity index (χ0v) is 10.7. The molecule has 0 aromatic heterocycles. The average molecular weight is 263 g/mol. The number of likely N-dealkylation sites (tertiary alicyclic amines) is 1. The van der Waals surface area contributed by atoms with Gasteiger partial charge in [0.05, 0.1) is 12.5 Å². The number of aliphatic hydroxyl groups is 1. The third kappa shape index (κ3) is 3.12. The maximum absolute atomic E-state index is 12.1. The third-order valence-electron chi connectivity index (χ3n) is 3.32.